The van der Waals surface area contributed by atoms with Gasteiger partial charge in [0.25, 0.3) is 0 Å². The summed E-state index contributed by atoms with van der Waals surface area (Å²) in [4.78, 5) is 9.17. The fourth-order valence-electron chi connectivity index (χ4n) is 0.470. The lowest BCUT2D eigenvalue weighted by Gasteiger charge is -1.93. The van der Waals surface area contributed by atoms with Crippen LogP contribution in [-0.2, 0) is 4.79 Å². The van der Waals surface area contributed by atoms with Crippen LogP contribution in [0.25, 0.3) is 0 Å². The molecule has 13 heavy (non-hydrogen) atoms. The van der Waals surface area contributed by atoms with E-state index >= 15 is 0 Å². The minimum absolute atomic E-state index is 0.639. The van der Waals surface area contributed by atoms with Crippen molar-refractivity contribution >= 4 is 45.4 Å². The fraction of sp³-hybridized carbons (Fsp3) is 0.222. The highest BCUT2D eigenvalue weighted by atomic mass is 79.9. The molecule has 4 heteroatoms. The van der Waals surface area contributed by atoms with E-state index in [2.05, 4.69) is 15.9 Å². The Morgan fingerprint density at radius 3 is 2.31 bits per heavy atom. The summed E-state index contributed by atoms with van der Waals surface area (Å²) in [6.45, 7) is 1.81. The van der Waals surface area contributed by atoms with Crippen LogP contribution < -0.4 is 0 Å². The van der Waals surface area contributed by atoms with Gasteiger partial charge in [0, 0.05) is 15.9 Å². The summed E-state index contributed by atoms with van der Waals surface area (Å²) in [6.07, 6.45) is 1.51. The first-order valence-corrected chi connectivity index (χ1v) is 5.20. The van der Waals surface area contributed by atoms with Gasteiger partial charge < -0.3 is 4.79 Å². The van der Waals surface area contributed by atoms with E-state index in [1.165, 1.54) is 0 Å². The molecule has 0 saturated carbocycles. The van der Waals surface area contributed by atoms with E-state index in [0.717, 1.165) is 10.8 Å². The van der Waals surface area contributed by atoms with Crippen molar-refractivity contribution in [3.05, 3.63) is 32.7 Å². The average Bonchev–Trinajstić information content (AvgIpc) is 2.12. The van der Waals surface area contributed by atoms with Crippen LogP contribution in [0.1, 0.15) is 13.3 Å². The van der Waals surface area contributed by atoms with Gasteiger partial charge in [-0.2, -0.15) is 0 Å². The summed E-state index contributed by atoms with van der Waals surface area (Å²) < 4.78 is 0.869. The van der Waals surface area contributed by atoms with Gasteiger partial charge in [-0.05, 0) is 34.1 Å². The third-order valence-electron chi connectivity index (χ3n) is 1.05. The quantitative estimate of drug-likeness (QED) is 0.553. The summed E-state index contributed by atoms with van der Waals surface area (Å²) in [7, 11) is 0. The van der Waals surface area contributed by atoms with Gasteiger partial charge in [-0.15, -0.1) is 0 Å². The van der Waals surface area contributed by atoms with Gasteiger partial charge in [-0.3, -0.25) is 0 Å². The van der Waals surface area contributed by atoms with Gasteiger partial charge in [0.1, 0.15) is 6.29 Å². The first-order valence-electron chi connectivity index (χ1n) is 3.66. The fourth-order valence-corrected chi connectivity index (χ4v) is 1.13. The molecule has 0 unspecified atom stereocenters. The Labute approximate surface area is 96.2 Å². The van der Waals surface area contributed by atoms with Crippen molar-refractivity contribution in [2.75, 3.05) is 0 Å². The maximum Gasteiger partial charge on any atom is 0.119 e. The Balaban J connectivity index is 0.000000310. The van der Waals surface area contributed by atoms with Crippen LogP contribution >= 0.6 is 39.1 Å². The van der Waals surface area contributed by atoms with E-state index in [0.29, 0.717) is 16.5 Å². The van der Waals surface area contributed by atoms with E-state index in [-0.39, 0.29) is 0 Å². The highest BCUT2D eigenvalue weighted by Gasteiger charge is 1.94. The molecule has 0 spiro atoms. The van der Waals surface area contributed by atoms with Gasteiger partial charge in [-0.25, -0.2) is 0 Å². The highest BCUT2D eigenvalue weighted by molar-refractivity contribution is 9.10. The molecule has 0 N–H and O–H groups in total. The molecule has 0 fully saturated rings. The van der Waals surface area contributed by atoms with Gasteiger partial charge in [-0.1, -0.05) is 30.1 Å². The number of hydrogen-bond acceptors (Lipinski definition) is 1. The first kappa shape index (κ1) is 12.9. The molecule has 0 aromatic heterocycles. The summed E-state index contributed by atoms with van der Waals surface area (Å²) in [5, 5.41) is 1.30. The topological polar surface area (TPSA) is 17.1 Å². The molecule has 0 aliphatic heterocycles. The minimum atomic E-state index is 0.639. The van der Waals surface area contributed by atoms with Crippen molar-refractivity contribution in [3.8, 4) is 0 Å². The van der Waals surface area contributed by atoms with Crippen LogP contribution in [0.2, 0.25) is 10.0 Å². The first-order chi connectivity index (χ1) is 6.11. The molecule has 0 heterocycles. The zero-order chi connectivity index (χ0) is 10.3. The average molecular weight is 284 g/mol. The lowest BCUT2D eigenvalue weighted by atomic mass is 10.4. The van der Waals surface area contributed by atoms with E-state index < -0.39 is 0 Å². The van der Waals surface area contributed by atoms with E-state index in [1.54, 1.807) is 12.1 Å². The number of hydrogen-bond donors (Lipinski definition) is 0. The predicted octanol–water partition coefficient (Wildman–Crippen LogP) is 4.35. The number of carbonyl (C=O) groups excluding carboxylic acids is 1. The second kappa shape index (κ2) is 7.36. The van der Waals surface area contributed by atoms with Crippen LogP contribution in [0.3, 0.4) is 0 Å². The van der Waals surface area contributed by atoms with Crippen molar-refractivity contribution in [1.29, 1.82) is 0 Å². The molecular weight excluding hydrogens is 275 g/mol. The normalized spacial score (nSPS) is 8.62. The van der Waals surface area contributed by atoms with Crippen LogP contribution in [0.15, 0.2) is 22.7 Å². The molecule has 1 aromatic carbocycles. The molecule has 0 saturated heterocycles. The molecule has 1 rings (SSSR count). The number of benzene rings is 1. The molecule has 0 aliphatic carbocycles. The number of rotatable bonds is 1. The van der Waals surface area contributed by atoms with Gasteiger partial charge in [0.15, 0.2) is 0 Å². The van der Waals surface area contributed by atoms with Crippen LogP contribution in [-0.4, -0.2) is 6.29 Å². The second-order valence-electron chi connectivity index (χ2n) is 2.13. The van der Waals surface area contributed by atoms with Gasteiger partial charge in [0.05, 0.1) is 5.02 Å². The summed E-state index contributed by atoms with van der Waals surface area (Å²) >= 11 is 14.5. The molecule has 0 radical (unpaired) electrons. The summed E-state index contributed by atoms with van der Waals surface area (Å²) in [5.41, 5.74) is 0. The van der Waals surface area contributed by atoms with E-state index in [9.17, 15) is 4.79 Å². The van der Waals surface area contributed by atoms with Crippen LogP contribution in [0, 0.1) is 0 Å². The summed E-state index contributed by atoms with van der Waals surface area (Å²) in [5.74, 6) is 0. The molecular formula is C9H9BrCl2O. The maximum atomic E-state index is 9.17. The lowest BCUT2D eigenvalue weighted by Crippen LogP contribution is -1.66. The molecule has 0 amide bonds. The molecule has 1 aromatic rings. The number of aldehydes is 1. The SMILES string of the molecule is CCC=O.Clc1ccc(Br)c(Cl)c1. The molecule has 0 bridgehead atoms. The Bertz CT molecular complexity index is 276. The van der Waals surface area contributed by atoms with E-state index in [1.807, 2.05) is 13.0 Å². The van der Waals surface area contributed by atoms with Gasteiger partial charge in [0.2, 0.25) is 0 Å². The second-order valence-corrected chi connectivity index (χ2v) is 3.83. The molecule has 0 aliphatic rings. The smallest absolute Gasteiger partial charge is 0.119 e. The Morgan fingerprint density at radius 1 is 1.46 bits per heavy atom. The largest absolute Gasteiger partial charge is 0.303 e. The molecule has 1 nitrogen and oxygen atoms in total. The minimum Gasteiger partial charge on any atom is -0.303 e. The number of halogens is 3. The van der Waals surface area contributed by atoms with Crippen LogP contribution in [0.4, 0.5) is 0 Å². The maximum absolute atomic E-state index is 9.17. The molecule has 72 valence electrons. The third kappa shape index (κ3) is 6.08. The Hall–Kier alpha value is -0.0500. The molecule has 0 atom stereocenters. The van der Waals surface area contributed by atoms with Crippen LogP contribution in [0.5, 0.6) is 0 Å². The lowest BCUT2D eigenvalue weighted by molar-refractivity contribution is -0.107. The van der Waals surface area contributed by atoms with Crippen molar-refractivity contribution in [3.63, 3.8) is 0 Å². The third-order valence-corrected chi connectivity index (χ3v) is 2.52. The van der Waals surface area contributed by atoms with E-state index in [4.69, 9.17) is 23.2 Å². The predicted molar refractivity (Wildman–Crippen MR) is 60.5 cm³/mol. The van der Waals surface area contributed by atoms with Crippen molar-refractivity contribution < 1.29 is 4.79 Å². The standard InChI is InChI=1S/C6H3BrCl2.C3H6O/c7-5-2-1-4(8)3-6(5)9;1-2-3-4/h1-3H;3H,2H2,1H3. The van der Waals surface area contributed by atoms with Crippen molar-refractivity contribution in [2.24, 2.45) is 0 Å². The monoisotopic (exact) mass is 282 g/mol. The van der Waals surface area contributed by atoms with Crippen molar-refractivity contribution in [1.82, 2.24) is 0 Å². The summed E-state index contributed by atoms with van der Waals surface area (Å²) in [6, 6.07) is 5.27. The Kier molecular flexibility index (Phi) is 7.33. The van der Waals surface area contributed by atoms with Crippen molar-refractivity contribution in [2.45, 2.75) is 13.3 Å². The number of carbonyl (C=O) groups is 1. The highest BCUT2D eigenvalue weighted by Crippen LogP contribution is 2.24. The zero-order valence-electron chi connectivity index (χ0n) is 7.06. The zero-order valence-corrected chi connectivity index (χ0v) is 10.2. The van der Waals surface area contributed by atoms with Gasteiger partial charge >= 0.3 is 0 Å². The Morgan fingerprint density at radius 2 is 2.00 bits per heavy atom.